The van der Waals surface area contributed by atoms with Gasteiger partial charge in [-0.2, -0.15) is 0 Å². The first-order valence-electron chi connectivity index (χ1n) is 20.7. The van der Waals surface area contributed by atoms with Gasteiger partial charge in [-0.15, -0.1) is 0 Å². The molecule has 0 atom stereocenters. The van der Waals surface area contributed by atoms with Crippen LogP contribution in [0.4, 0.5) is 0 Å². The summed E-state index contributed by atoms with van der Waals surface area (Å²) in [6.07, 6.45) is 0. The zero-order valence-electron chi connectivity index (χ0n) is 32.8. The van der Waals surface area contributed by atoms with E-state index in [2.05, 4.69) is 240 Å². The Balaban J connectivity index is 0.994. The molecule has 2 heteroatoms. The van der Waals surface area contributed by atoms with Gasteiger partial charge in [-0.25, -0.2) is 0 Å². The predicted molar refractivity (Wildman–Crippen MR) is 254 cm³/mol. The van der Waals surface area contributed by atoms with E-state index in [1.165, 1.54) is 98.9 Å². The molecule has 2 aromatic heterocycles. The van der Waals surface area contributed by atoms with Crippen molar-refractivity contribution in [1.29, 1.82) is 0 Å². The number of benzene rings is 10. The van der Waals surface area contributed by atoms with Crippen LogP contribution in [0.25, 0.3) is 110 Å². The van der Waals surface area contributed by atoms with Crippen LogP contribution < -0.4 is 0 Å². The van der Waals surface area contributed by atoms with Crippen LogP contribution in [0.2, 0.25) is 0 Å². The number of hydrogen-bond acceptors (Lipinski definition) is 0. The second kappa shape index (κ2) is 13.9. The molecule has 0 aliphatic heterocycles. The Labute approximate surface area is 348 Å². The molecular weight excluding hydrogens is 725 g/mol. The number of aromatic nitrogens is 2. The quantitative estimate of drug-likeness (QED) is 0.160. The molecule has 10 aromatic carbocycles. The zero-order chi connectivity index (χ0) is 39.6. The summed E-state index contributed by atoms with van der Waals surface area (Å²) in [6, 6.07) is 84.2. The van der Waals surface area contributed by atoms with Crippen molar-refractivity contribution in [1.82, 2.24) is 9.13 Å². The van der Waals surface area contributed by atoms with Gasteiger partial charge in [-0.3, -0.25) is 0 Å². The summed E-state index contributed by atoms with van der Waals surface area (Å²) in [5.74, 6) is 0. The fourth-order valence-corrected chi connectivity index (χ4v) is 9.44. The van der Waals surface area contributed by atoms with Gasteiger partial charge < -0.3 is 9.13 Å². The molecule has 0 saturated heterocycles. The van der Waals surface area contributed by atoms with Crippen LogP contribution in [0.1, 0.15) is 0 Å². The van der Waals surface area contributed by atoms with Crippen LogP contribution in [0, 0.1) is 0 Å². The van der Waals surface area contributed by atoms with E-state index in [9.17, 15) is 0 Å². The molecule has 0 fully saturated rings. The Morgan fingerprint density at radius 3 is 1.42 bits per heavy atom. The molecule has 0 N–H and O–H groups in total. The molecule has 60 heavy (non-hydrogen) atoms. The van der Waals surface area contributed by atoms with E-state index in [1.54, 1.807) is 0 Å². The Bertz CT molecular complexity index is 3570. The van der Waals surface area contributed by atoms with Crippen molar-refractivity contribution in [3.8, 4) is 55.9 Å². The fraction of sp³-hybridized carbons (Fsp3) is 0. The minimum atomic E-state index is 1.15. The van der Waals surface area contributed by atoms with E-state index >= 15 is 0 Å². The van der Waals surface area contributed by atoms with Crippen LogP contribution in [0.5, 0.6) is 0 Å². The first-order valence-corrected chi connectivity index (χ1v) is 20.7. The molecule has 0 bridgehead atoms. The molecular formula is C58H38N2. The lowest BCUT2D eigenvalue weighted by molar-refractivity contribution is 1.18. The molecule has 2 nitrogen and oxygen atoms in total. The molecule has 0 radical (unpaired) electrons. The predicted octanol–water partition coefficient (Wildman–Crippen LogP) is 15.7. The van der Waals surface area contributed by atoms with Gasteiger partial charge in [-0.1, -0.05) is 170 Å². The Hall–Kier alpha value is -7.94. The van der Waals surface area contributed by atoms with E-state index in [1.807, 2.05) is 0 Å². The van der Waals surface area contributed by atoms with Gasteiger partial charge in [0.05, 0.1) is 22.1 Å². The number of hydrogen-bond donors (Lipinski definition) is 0. The van der Waals surface area contributed by atoms with E-state index in [0.717, 1.165) is 11.4 Å². The third kappa shape index (κ3) is 5.57. The summed E-state index contributed by atoms with van der Waals surface area (Å²) in [5.41, 5.74) is 16.8. The normalized spacial score (nSPS) is 11.7. The van der Waals surface area contributed by atoms with E-state index in [-0.39, 0.29) is 0 Å². The molecule has 0 aliphatic carbocycles. The van der Waals surface area contributed by atoms with Crippen molar-refractivity contribution < 1.29 is 0 Å². The average Bonchev–Trinajstić information content (AvgIpc) is 3.84. The van der Waals surface area contributed by atoms with Crippen LogP contribution >= 0.6 is 0 Å². The Morgan fingerprint density at radius 1 is 0.217 bits per heavy atom. The highest BCUT2D eigenvalue weighted by Gasteiger charge is 2.18. The van der Waals surface area contributed by atoms with E-state index in [4.69, 9.17) is 0 Å². The summed E-state index contributed by atoms with van der Waals surface area (Å²) in [5, 5.41) is 7.50. The molecule has 0 amide bonds. The number of rotatable bonds is 6. The van der Waals surface area contributed by atoms with Gasteiger partial charge in [-0.05, 0) is 116 Å². The highest BCUT2D eigenvalue weighted by Crippen LogP contribution is 2.40. The standard InChI is InChI=1S/C58H38N2/c1-3-13-39(14-4-1)43-19-11-20-48(35-43)60-57-34-29-45(37-54(57)52-32-27-46(38-58(52)60)40-15-5-2-6-16-40)44-28-33-56-53(36-44)51-22-9-10-24-55(51)59(56)47-30-25-42(26-31-47)50-23-12-18-41-17-7-8-21-49(41)50/h1-38H. The largest absolute Gasteiger partial charge is 0.309 e. The molecule has 2 heterocycles. The molecule has 12 rings (SSSR count). The first-order chi connectivity index (χ1) is 29.7. The minimum absolute atomic E-state index is 1.15. The van der Waals surface area contributed by atoms with Gasteiger partial charge >= 0.3 is 0 Å². The first kappa shape index (κ1) is 34.1. The topological polar surface area (TPSA) is 9.86 Å². The lowest BCUT2D eigenvalue weighted by Gasteiger charge is -2.12. The highest BCUT2D eigenvalue weighted by molar-refractivity contribution is 6.13. The summed E-state index contributed by atoms with van der Waals surface area (Å²) in [4.78, 5) is 0. The Kier molecular flexibility index (Phi) is 7.89. The molecule has 0 saturated carbocycles. The van der Waals surface area contributed by atoms with Crippen LogP contribution in [0.3, 0.4) is 0 Å². The lowest BCUT2D eigenvalue weighted by Crippen LogP contribution is -1.95. The second-order valence-electron chi connectivity index (χ2n) is 15.7. The van der Waals surface area contributed by atoms with Gasteiger partial charge in [0, 0.05) is 32.9 Å². The zero-order valence-corrected chi connectivity index (χ0v) is 32.8. The fourth-order valence-electron chi connectivity index (χ4n) is 9.44. The van der Waals surface area contributed by atoms with Crippen LogP contribution in [-0.2, 0) is 0 Å². The van der Waals surface area contributed by atoms with E-state index < -0.39 is 0 Å². The average molecular weight is 763 g/mol. The second-order valence-corrected chi connectivity index (χ2v) is 15.7. The van der Waals surface area contributed by atoms with Crippen molar-refractivity contribution in [2.45, 2.75) is 0 Å². The van der Waals surface area contributed by atoms with Gasteiger partial charge in [0.15, 0.2) is 0 Å². The van der Waals surface area contributed by atoms with Gasteiger partial charge in [0.1, 0.15) is 0 Å². The third-order valence-electron chi connectivity index (χ3n) is 12.3. The highest BCUT2D eigenvalue weighted by atomic mass is 15.0. The molecule has 0 aliphatic rings. The number of fused-ring (bicyclic) bond motifs is 7. The Morgan fingerprint density at radius 2 is 0.700 bits per heavy atom. The van der Waals surface area contributed by atoms with Crippen molar-refractivity contribution in [3.63, 3.8) is 0 Å². The molecule has 0 unspecified atom stereocenters. The van der Waals surface area contributed by atoms with Crippen molar-refractivity contribution in [3.05, 3.63) is 231 Å². The van der Waals surface area contributed by atoms with Crippen molar-refractivity contribution >= 4 is 54.4 Å². The summed E-state index contributed by atoms with van der Waals surface area (Å²) in [7, 11) is 0. The monoisotopic (exact) mass is 762 g/mol. The summed E-state index contributed by atoms with van der Waals surface area (Å²) >= 11 is 0. The SMILES string of the molecule is c1ccc(-c2cccc(-n3c4ccc(-c5ccc6c(c5)c5ccccc5n6-c5ccc(-c6cccc7ccccc67)cc5)cc4c4ccc(-c5ccccc5)cc43)c2)cc1. The van der Waals surface area contributed by atoms with Gasteiger partial charge in [0.25, 0.3) is 0 Å². The molecule has 12 aromatic rings. The lowest BCUT2D eigenvalue weighted by atomic mass is 9.98. The summed E-state index contributed by atoms with van der Waals surface area (Å²) < 4.78 is 4.85. The molecule has 0 spiro atoms. The maximum absolute atomic E-state index is 2.44. The smallest absolute Gasteiger partial charge is 0.0547 e. The molecule has 280 valence electrons. The summed E-state index contributed by atoms with van der Waals surface area (Å²) in [6.45, 7) is 0. The number of nitrogens with zero attached hydrogens (tertiary/aromatic N) is 2. The van der Waals surface area contributed by atoms with Crippen molar-refractivity contribution in [2.24, 2.45) is 0 Å². The van der Waals surface area contributed by atoms with Gasteiger partial charge in [0.2, 0.25) is 0 Å². The van der Waals surface area contributed by atoms with Crippen molar-refractivity contribution in [2.75, 3.05) is 0 Å². The van der Waals surface area contributed by atoms with E-state index in [0.29, 0.717) is 0 Å². The maximum Gasteiger partial charge on any atom is 0.0547 e. The van der Waals surface area contributed by atoms with Crippen LogP contribution in [-0.4, -0.2) is 9.13 Å². The van der Waals surface area contributed by atoms with Crippen LogP contribution in [0.15, 0.2) is 231 Å². The number of para-hydroxylation sites is 1. The minimum Gasteiger partial charge on any atom is -0.309 e. The third-order valence-corrected chi connectivity index (χ3v) is 12.3. The maximum atomic E-state index is 2.44.